The maximum atomic E-state index is 12.8. The quantitative estimate of drug-likeness (QED) is 0.906. The van der Waals surface area contributed by atoms with E-state index in [1.54, 1.807) is 28.6 Å². The van der Waals surface area contributed by atoms with Crippen molar-refractivity contribution in [1.29, 1.82) is 0 Å². The van der Waals surface area contributed by atoms with Gasteiger partial charge in [-0.05, 0) is 54.7 Å². The smallest absolute Gasteiger partial charge is 0.291 e. The van der Waals surface area contributed by atoms with Gasteiger partial charge in [-0.15, -0.1) is 0 Å². The minimum absolute atomic E-state index is 0.202. The molecule has 2 aromatic rings. The minimum Gasteiger partial charge on any atom is -0.459 e. The summed E-state index contributed by atoms with van der Waals surface area (Å²) in [7, 11) is -3.51. The Bertz CT molecular complexity index is 818. The van der Waals surface area contributed by atoms with Gasteiger partial charge >= 0.3 is 0 Å². The van der Waals surface area contributed by atoms with E-state index in [4.69, 9.17) is 4.42 Å². The molecule has 1 amide bonds. The van der Waals surface area contributed by atoms with Crippen LogP contribution in [0.2, 0.25) is 0 Å². The number of hydrogen-bond acceptors (Lipinski definition) is 4. The number of nitrogens with zero attached hydrogens (tertiary/aromatic N) is 1. The first-order valence-electron chi connectivity index (χ1n) is 8.31. The molecule has 1 aromatic heterocycles. The number of hydrogen-bond donors (Lipinski definition) is 1. The Kier molecular flexibility index (Phi) is 4.96. The van der Waals surface area contributed by atoms with Crippen LogP contribution in [-0.2, 0) is 10.0 Å². The number of amides is 1. The van der Waals surface area contributed by atoms with Crippen LogP contribution >= 0.6 is 0 Å². The van der Waals surface area contributed by atoms with Crippen LogP contribution in [0, 0.1) is 11.8 Å². The van der Waals surface area contributed by atoms with Gasteiger partial charge in [0, 0.05) is 18.8 Å². The summed E-state index contributed by atoms with van der Waals surface area (Å²) in [5.74, 6) is 0.531. The summed E-state index contributed by atoms with van der Waals surface area (Å²) in [5, 5.41) is 2.68. The van der Waals surface area contributed by atoms with Gasteiger partial charge < -0.3 is 9.73 Å². The third-order valence-corrected chi connectivity index (χ3v) is 6.18. The number of piperidine rings is 1. The van der Waals surface area contributed by atoms with Crippen LogP contribution in [0.3, 0.4) is 0 Å². The van der Waals surface area contributed by atoms with Crippen molar-refractivity contribution in [1.82, 2.24) is 4.31 Å². The number of anilines is 1. The molecular weight excluding hydrogens is 340 g/mol. The van der Waals surface area contributed by atoms with Gasteiger partial charge in [-0.25, -0.2) is 8.42 Å². The lowest BCUT2D eigenvalue weighted by Crippen LogP contribution is -2.42. The lowest BCUT2D eigenvalue weighted by atomic mass is 9.94. The fraction of sp³-hybridized carbons (Fsp3) is 0.389. The summed E-state index contributed by atoms with van der Waals surface area (Å²) in [5.41, 5.74) is 0.515. The second-order valence-corrected chi connectivity index (χ2v) is 8.66. The highest BCUT2D eigenvalue weighted by Gasteiger charge is 2.31. The standard InChI is InChI=1S/C18H22N2O4S/c1-13-10-14(2)12-20(11-13)25(22,23)16-7-5-15(6-8-16)19-18(21)17-4-3-9-24-17/h3-9,13-14H,10-12H2,1-2H3,(H,19,21). The fourth-order valence-corrected chi connectivity index (χ4v) is 4.94. The Morgan fingerprint density at radius 2 is 1.76 bits per heavy atom. The molecule has 1 fully saturated rings. The van der Waals surface area contributed by atoms with Crippen LogP contribution in [-0.4, -0.2) is 31.7 Å². The fourth-order valence-electron chi connectivity index (χ4n) is 3.26. The summed E-state index contributed by atoms with van der Waals surface area (Å²) in [6, 6.07) is 9.42. The zero-order valence-electron chi connectivity index (χ0n) is 14.3. The Hall–Kier alpha value is -2.12. The van der Waals surface area contributed by atoms with Crippen molar-refractivity contribution in [2.24, 2.45) is 11.8 Å². The Labute approximate surface area is 147 Å². The van der Waals surface area contributed by atoms with Gasteiger partial charge in [0.05, 0.1) is 11.2 Å². The van der Waals surface area contributed by atoms with E-state index in [1.807, 2.05) is 0 Å². The summed E-state index contributed by atoms with van der Waals surface area (Å²) < 4.78 is 32.2. The average Bonchev–Trinajstić information content (AvgIpc) is 3.09. The van der Waals surface area contributed by atoms with Gasteiger partial charge in [-0.1, -0.05) is 13.8 Å². The van der Waals surface area contributed by atoms with Gasteiger partial charge in [0.2, 0.25) is 10.0 Å². The van der Waals surface area contributed by atoms with E-state index >= 15 is 0 Å². The zero-order valence-corrected chi connectivity index (χ0v) is 15.1. The molecule has 0 spiro atoms. The molecule has 0 saturated carbocycles. The van der Waals surface area contributed by atoms with Crippen LogP contribution in [0.5, 0.6) is 0 Å². The molecule has 1 saturated heterocycles. The monoisotopic (exact) mass is 362 g/mol. The van der Waals surface area contributed by atoms with Crippen molar-refractivity contribution >= 4 is 21.6 Å². The minimum atomic E-state index is -3.51. The lowest BCUT2D eigenvalue weighted by molar-refractivity contribution is 0.0996. The van der Waals surface area contributed by atoms with Crippen LogP contribution in [0.15, 0.2) is 52.0 Å². The SMILES string of the molecule is CC1CC(C)CN(S(=O)(=O)c2ccc(NC(=O)c3ccco3)cc2)C1. The number of carbonyl (C=O) groups excluding carboxylic acids is 1. The highest BCUT2D eigenvalue weighted by atomic mass is 32.2. The van der Waals surface area contributed by atoms with Crippen molar-refractivity contribution in [3.63, 3.8) is 0 Å². The molecule has 0 radical (unpaired) electrons. The predicted molar refractivity (Wildman–Crippen MR) is 94.8 cm³/mol. The molecule has 0 bridgehead atoms. The molecular formula is C18H22N2O4S. The number of benzene rings is 1. The first-order valence-corrected chi connectivity index (χ1v) is 9.75. The molecule has 2 atom stereocenters. The van der Waals surface area contributed by atoms with E-state index in [2.05, 4.69) is 19.2 Å². The molecule has 6 nitrogen and oxygen atoms in total. The number of sulfonamides is 1. The van der Waals surface area contributed by atoms with Crippen LogP contribution in [0.25, 0.3) is 0 Å². The number of carbonyl (C=O) groups is 1. The summed E-state index contributed by atoms with van der Waals surface area (Å²) in [4.78, 5) is 12.2. The van der Waals surface area contributed by atoms with Gasteiger partial charge in [0.15, 0.2) is 5.76 Å². The number of nitrogens with one attached hydrogen (secondary N) is 1. The van der Waals surface area contributed by atoms with Crippen LogP contribution < -0.4 is 5.32 Å². The number of rotatable bonds is 4. The molecule has 134 valence electrons. The Balaban J connectivity index is 1.74. The largest absolute Gasteiger partial charge is 0.459 e. The molecule has 1 aliphatic heterocycles. The molecule has 7 heteroatoms. The van der Waals surface area contributed by atoms with E-state index in [1.165, 1.54) is 18.4 Å². The first-order chi connectivity index (χ1) is 11.9. The van der Waals surface area contributed by atoms with Gasteiger partial charge in [0.1, 0.15) is 0 Å². The Morgan fingerprint density at radius 1 is 1.12 bits per heavy atom. The molecule has 1 aromatic carbocycles. The molecule has 1 N–H and O–H groups in total. The summed E-state index contributed by atoms with van der Waals surface area (Å²) in [6.07, 6.45) is 2.47. The average molecular weight is 362 g/mol. The molecule has 25 heavy (non-hydrogen) atoms. The highest BCUT2D eigenvalue weighted by molar-refractivity contribution is 7.89. The summed E-state index contributed by atoms with van der Waals surface area (Å²) >= 11 is 0. The Morgan fingerprint density at radius 3 is 2.32 bits per heavy atom. The van der Waals surface area contributed by atoms with Crippen LogP contribution in [0.1, 0.15) is 30.8 Å². The van der Waals surface area contributed by atoms with Crippen LogP contribution in [0.4, 0.5) is 5.69 Å². The van der Waals surface area contributed by atoms with Crippen molar-refractivity contribution in [3.8, 4) is 0 Å². The molecule has 1 aliphatic rings. The van der Waals surface area contributed by atoms with Crippen molar-refractivity contribution in [2.75, 3.05) is 18.4 Å². The molecule has 2 unspecified atom stereocenters. The maximum Gasteiger partial charge on any atom is 0.291 e. The summed E-state index contributed by atoms with van der Waals surface area (Å²) in [6.45, 7) is 5.24. The van der Waals surface area contributed by atoms with Crippen molar-refractivity contribution in [3.05, 3.63) is 48.4 Å². The maximum absolute atomic E-state index is 12.8. The zero-order chi connectivity index (χ0) is 18.0. The van der Waals surface area contributed by atoms with E-state index in [-0.39, 0.29) is 16.6 Å². The van der Waals surface area contributed by atoms with Gasteiger partial charge in [0.25, 0.3) is 5.91 Å². The van der Waals surface area contributed by atoms with Crippen molar-refractivity contribution in [2.45, 2.75) is 25.2 Å². The van der Waals surface area contributed by atoms with Crippen molar-refractivity contribution < 1.29 is 17.6 Å². The predicted octanol–water partition coefficient (Wildman–Crippen LogP) is 3.20. The van der Waals surface area contributed by atoms with E-state index in [9.17, 15) is 13.2 Å². The lowest BCUT2D eigenvalue weighted by Gasteiger charge is -2.34. The highest BCUT2D eigenvalue weighted by Crippen LogP contribution is 2.27. The van der Waals surface area contributed by atoms with E-state index in [0.717, 1.165) is 6.42 Å². The molecule has 3 rings (SSSR count). The second kappa shape index (κ2) is 7.01. The van der Waals surface area contributed by atoms with Gasteiger partial charge in [-0.3, -0.25) is 4.79 Å². The molecule has 2 heterocycles. The van der Waals surface area contributed by atoms with E-state index < -0.39 is 10.0 Å². The third kappa shape index (κ3) is 3.93. The topological polar surface area (TPSA) is 79.6 Å². The second-order valence-electron chi connectivity index (χ2n) is 6.72. The van der Waals surface area contributed by atoms with E-state index in [0.29, 0.717) is 30.6 Å². The van der Waals surface area contributed by atoms with Gasteiger partial charge in [-0.2, -0.15) is 4.31 Å². The third-order valence-electron chi connectivity index (χ3n) is 4.33. The number of furan rings is 1. The normalized spacial score (nSPS) is 21.8. The molecule has 0 aliphatic carbocycles. The first kappa shape index (κ1) is 17.7.